The second-order valence-corrected chi connectivity index (χ2v) is 4.61. The lowest BCUT2D eigenvalue weighted by atomic mass is 10.00. The molecule has 0 radical (unpaired) electrons. The summed E-state index contributed by atoms with van der Waals surface area (Å²) in [6.07, 6.45) is 0. The summed E-state index contributed by atoms with van der Waals surface area (Å²) in [5.41, 5.74) is 1.69. The van der Waals surface area contributed by atoms with Crippen molar-refractivity contribution < 1.29 is 13.9 Å². The molecule has 0 amide bonds. The highest BCUT2D eigenvalue weighted by Crippen LogP contribution is 2.27. The van der Waals surface area contributed by atoms with E-state index in [2.05, 4.69) is 15.9 Å². The number of hydrogen-bond donors (Lipinski definition) is 0. The van der Waals surface area contributed by atoms with Crippen LogP contribution in [-0.2, 0) is 4.74 Å². The Morgan fingerprint density at radius 2 is 2.00 bits per heavy atom. The van der Waals surface area contributed by atoms with Crippen molar-refractivity contribution in [3.05, 3.63) is 58.3 Å². The number of carbonyl (C=O) groups excluding carboxylic acids is 1. The Labute approximate surface area is 113 Å². The third-order valence-electron chi connectivity index (χ3n) is 2.52. The summed E-state index contributed by atoms with van der Waals surface area (Å²) >= 11 is 3.30. The Morgan fingerprint density at radius 1 is 1.22 bits per heavy atom. The first-order valence-corrected chi connectivity index (χ1v) is 6.05. The van der Waals surface area contributed by atoms with Crippen LogP contribution in [-0.4, -0.2) is 13.1 Å². The van der Waals surface area contributed by atoms with Crippen LogP contribution in [0.15, 0.2) is 46.9 Å². The fourth-order valence-corrected chi connectivity index (χ4v) is 2.06. The molecule has 0 aromatic heterocycles. The first kappa shape index (κ1) is 12.8. The van der Waals surface area contributed by atoms with Crippen LogP contribution in [0.2, 0.25) is 0 Å². The minimum Gasteiger partial charge on any atom is -0.465 e. The van der Waals surface area contributed by atoms with E-state index >= 15 is 0 Å². The van der Waals surface area contributed by atoms with Crippen molar-refractivity contribution >= 4 is 21.9 Å². The van der Waals surface area contributed by atoms with Gasteiger partial charge in [-0.1, -0.05) is 34.1 Å². The molecule has 0 saturated heterocycles. The Kier molecular flexibility index (Phi) is 3.77. The molecular weight excluding hydrogens is 299 g/mol. The van der Waals surface area contributed by atoms with Crippen LogP contribution >= 0.6 is 15.9 Å². The first-order valence-electron chi connectivity index (χ1n) is 5.25. The van der Waals surface area contributed by atoms with Crippen molar-refractivity contribution in [3.8, 4) is 11.1 Å². The van der Waals surface area contributed by atoms with Gasteiger partial charge in [0.2, 0.25) is 0 Å². The minimum absolute atomic E-state index is 0.341. The molecule has 0 aliphatic carbocycles. The monoisotopic (exact) mass is 308 g/mol. The van der Waals surface area contributed by atoms with Crippen molar-refractivity contribution in [3.63, 3.8) is 0 Å². The summed E-state index contributed by atoms with van der Waals surface area (Å²) in [6, 6.07) is 11.3. The van der Waals surface area contributed by atoms with Gasteiger partial charge >= 0.3 is 5.97 Å². The van der Waals surface area contributed by atoms with Gasteiger partial charge in [0.05, 0.1) is 12.7 Å². The quantitative estimate of drug-likeness (QED) is 0.783. The van der Waals surface area contributed by atoms with Gasteiger partial charge in [0.15, 0.2) is 0 Å². The lowest BCUT2D eigenvalue weighted by Gasteiger charge is -2.08. The number of benzene rings is 2. The Morgan fingerprint density at radius 3 is 2.67 bits per heavy atom. The molecule has 0 fully saturated rings. The van der Waals surface area contributed by atoms with E-state index in [1.54, 1.807) is 30.3 Å². The normalized spacial score (nSPS) is 10.2. The van der Waals surface area contributed by atoms with E-state index in [0.717, 1.165) is 4.47 Å². The van der Waals surface area contributed by atoms with Crippen molar-refractivity contribution in [2.45, 2.75) is 0 Å². The van der Waals surface area contributed by atoms with E-state index in [1.165, 1.54) is 19.2 Å². The number of esters is 1. The minimum atomic E-state index is -0.449. The van der Waals surface area contributed by atoms with Gasteiger partial charge in [-0.05, 0) is 35.4 Å². The molecule has 18 heavy (non-hydrogen) atoms. The summed E-state index contributed by atoms with van der Waals surface area (Å²) in [6.45, 7) is 0. The molecule has 2 rings (SSSR count). The molecule has 2 aromatic carbocycles. The van der Waals surface area contributed by atoms with Crippen molar-refractivity contribution in [2.24, 2.45) is 0 Å². The van der Waals surface area contributed by atoms with E-state index in [1.807, 2.05) is 0 Å². The van der Waals surface area contributed by atoms with Crippen LogP contribution in [0.3, 0.4) is 0 Å². The summed E-state index contributed by atoms with van der Waals surface area (Å²) in [5.74, 6) is -0.790. The van der Waals surface area contributed by atoms with E-state index < -0.39 is 5.97 Å². The molecule has 0 aliphatic heterocycles. The molecule has 0 N–H and O–H groups in total. The number of methoxy groups -OCH3 is 1. The lowest BCUT2D eigenvalue weighted by Crippen LogP contribution is -2.03. The van der Waals surface area contributed by atoms with Crippen LogP contribution < -0.4 is 0 Å². The Balaban J connectivity index is 2.60. The molecule has 4 heteroatoms. The summed E-state index contributed by atoms with van der Waals surface area (Å²) in [7, 11) is 1.32. The second-order valence-electron chi connectivity index (χ2n) is 3.69. The van der Waals surface area contributed by atoms with Crippen LogP contribution in [0, 0.1) is 5.82 Å². The largest absolute Gasteiger partial charge is 0.465 e. The fourth-order valence-electron chi connectivity index (χ4n) is 1.70. The maximum Gasteiger partial charge on any atom is 0.338 e. The van der Waals surface area contributed by atoms with Crippen molar-refractivity contribution in [1.29, 1.82) is 0 Å². The van der Waals surface area contributed by atoms with Gasteiger partial charge < -0.3 is 4.74 Å². The zero-order valence-corrected chi connectivity index (χ0v) is 11.2. The van der Waals surface area contributed by atoms with Crippen LogP contribution in [0.1, 0.15) is 10.4 Å². The zero-order valence-electron chi connectivity index (χ0n) is 9.61. The van der Waals surface area contributed by atoms with Gasteiger partial charge in [0.1, 0.15) is 5.82 Å². The van der Waals surface area contributed by atoms with Gasteiger partial charge in [-0.25, -0.2) is 9.18 Å². The van der Waals surface area contributed by atoms with Gasteiger partial charge in [0, 0.05) is 4.47 Å². The molecule has 0 heterocycles. The van der Waals surface area contributed by atoms with Gasteiger partial charge in [-0.2, -0.15) is 0 Å². The molecule has 0 bridgehead atoms. The van der Waals surface area contributed by atoms with Crippen LogP contribution in [0.5, 0.6) is 0 Å². The van der Waals surface area contributed by atoms with E-state index in [9.17, 15) is 9.18 Å². The maximum atomic E-state index is 13.2. The third-order valence-corrected chi connectivity index (χ3v) is 3.02. The smallest absolute Gasteiger partial charge is 0.338 e. The van der Waals surface area contributed by atoms with Gasteiger partial charge in [-0.15, -0.1) is 0 Å². The number of hydrogen-bond acceptors (Lipinski definition) is 2. The van der Waals surface area contributed by atoms with Crippen LogP contribution in [0.4, 0.5) is 4.39 Å². The molecule has 0 saturated carbocycles. The topological polar surface area (TPSA) is 26.3 Å². The fraction of sp³-hybridized carbons (Fsp3) is 0.0714. The Hall–Kier alpha value is -1.68. The first-order chi connectivity index (χ1) is 8.61. The number of ether oxygens (including phenoxy) is 1. The molecule has 0 atom stereocenters. The molecule has 0 unspecified atom stereocenters. The zero-order chi connectivity index (χ0) is 13.1. The number of rotatable bonds is 2. The van der Waals surface area contributed by atoms with E-state index in [4.69, 9.17) is 4.74 Å². The SMILES string of the molecule is COC(=O)c1cc(Br)ccc1-c1cccc(F)c1. The maximum absolute atomic E-state index is 13.2. The van der Waals surface area contributed by atoms with Crippen LogP contribution in [0.25, 0.3) is 11.1 Å². The highest BCUT2D eigenvalue weighted by molar-refractivity contribution is 9.10. The molecule has 2 aromatic rings. The average Bonchev–Trinajstić information content (AvgIpc) is 2.37. The van der Waals surface area contributed by atoms with E-state index in [-0.39, 0.29) is 5.82 Å². The van der Waals surface area contributed by atoms with Gasteiger partial charge in [0.25, 0.3) is 0 Å². The van der Waals surface area contributed by atoms with Gasteiger partial charge in [-0.3, -0.25) is 0 Å². The second kappa shape index (κ2) is 5.31. The van der Waals surface area contributed by atoms with Crippen molar-refractivity contribution in [1.82, 2.24) is 0 Å². The Bertz CT molecular complexity index is 596. The van der Waals surface area contributed by atoms with E-state index in [0.29, 0.717) is 16.7 Å². The predicted molar refractivity (Wildman–Crippen MR) is 70.9 cm³/mol. The molecular formula is C14H10BrFO2. The summed E-state index contributed by atoms with van der Waals surface area (Å²) < 4.78 is 18.7. The third kappa shape index (κ3) is 2.59. The van der Waals surface area contributed by atoms with Crippen molar-refractivity contribution in [2.75, 3.05) is 7.11 Å². The summed E-state index contributed by atoms with van der Waals surface area (Å²) in [5, 5.41) is 0. The standard InChI is InChI=1S/C14H10BrFO2/c1-18-14(17)13-8-10(15)5-6-12(13)9-3-2-4-11(16)7-9/h2-8H,1H3. The predicted octanol–water partition coefficient (Wildman–Crippen LogP) is 4.04. The average molecular weight is 309 g/mol. The summed E-state index contributed by atoms with van der Waals surface area (Å²) in [4.78, 5) is 11.7. The highest BCUT2D eigenvalue weighted by atomic mass is 79.9. The highest BCUT2D eigenvalue weighted by Gasteiger charge is 2.14. The number of carbonyl (C=O) groups is 1. The molecule has 92 valence electrons. The number of halogens is 2. The molecule has 2 nitrogen and oxygen atoms in total. The molecule has 0 aliphatic rings. The lowest BCUT2D eigenvalue weighted by molar-refractivity contribution is 0.0601. The molecule has 0 spiro atoms.